The van der Waals surface area contributed by atoms with Crippen LogP contribution in [-0.2, 0) is 9.47 Å². The van der Waals surface area contributed by atoms with Crippen molar-refractivity contribution in [2.45, 2.75) is 45.3 Å². The summed E-state index contributed by atoms with van der Waals surface area (Å²) in [6, 6.07) is 6.42. The van der Waals surface area contributed by atoms with E-state index in [4.69, 9.17) is 4.74 Å². The summed E-state index contributed by atoms with van der Waals surface area (Å²) in [5.74, 6) is -0.797. The van der Waals surface area contributed by atoms with Crippen LogP contribution in [0.5, 0.6) is 0 Å². The van der Waals surface area contributed by atoms with Gasteiger partial charge in [0, 0.05) is 19.1 Å². The van der Waals surface area contributed by atoms with Crippen molar-refractivity contribution in [3.63, 3.8) is 0 Å². The maximum absolute atomic E-state index is 12.7. The second-order valence-corrected chi connectivity index (χ2v) is 9.13. The zero-order valence-electron chi connectivity index (χ0n) is 18.4. The van der Waals surface area contributed by atoms with Crippen molar-refractivity contribution in [3.05, 3.63) is 40.1 Å². The minimum absolute atomic E-state index is 0.0856. The van der Waals surface area contributed by atoms with Crippen LogP contribution in [0.1, 0.15) is 54.5 Å². The van der Waals surface area contributed by atoms with Crippen LogP contribution in [0.3, 0.4) is 0 Å². The zero-order valence-corrected chi connectivity index (χ0v) is 20.0. The molecule has 172 valence electrons. The number of benzene rings is 1. The number of methoxy groups -OCH3 is 1. The van der Waals surface area contributed by atoms with E-state index in [1.807, 2.05) is 20.8 Å². The van der Waals surface area contributed by atoms with Gasteiger partial charge in [-0.15, -0.1) is 15.0 Å². The number of piperidine rings is 1. The first-order chi connectivity index (χ1) is 15.1. The molecule has 0 saturated carbocycles. The van der Waals surface area contributed by atoms with Gasteiger partial charge in [0.1, 0.15) is 5.60 Å². The first kappa shape index (κ1) is 23.7. The summed E-state index contributed by atoms with van der Waals surface area (Å²) in [5, 5.41) is 11.5. The lowest BCUT2D eigenvalue weighted by Crippen LogP contribution is -2.47. The largest absolute Gasteiger partial charge is 0.465 e. The highest BCUT2D eigenvalue weighted by atomic mass is 79.9. The van der Waals surface area contributed by atoms with Crippen molar-refractivity contribution in [2.24, 2.45) is 0 Å². The Morgan fingerprint density at radius 2 is 1.72 bits per heavy atom. The summed E-state index contributed by atoms with van der Waals surface area (Å²) in [6.07, 6.45) is 0.892. The molecule has 3 rings (SSSR count). The fourth-order valence-electron chi connectivity index (χ4n) is 3.18. The molecule has 1 saturated heterocycles. The van der Waals surface area contributed by atoms with Gasteiger partial charge in [-0.05, 0) is 73.8 Å². The topological polar surface area (TPSA) is 116 Å². The molecule has 1 aromatic heterocycles. The SMILES string of the molecule is COC(=O)c1ccc(-n2nc(Br)c(C(=O)NC3CCN(C(=O)OC(C)(C)C)CC3)n2)cc1. The fourth-order valence-corrected chi connectivity index (χ4v) is 3.59. The second-order valence-electron chi connectivity index (χ2n) is 8.38. The van der Waals surface area contributed by atoms with E-state index in [2.05, 4.69) is 36.2 Å². The molecule has 1 N–H and O–H groups in total. The van der Waals surface area contributed by atoms with E-state index in [-0.39, 0.29) is 23.7 Å². The van der Waals surface area contributed by atoms with Gasteiger partial charge in [-0.2, -0.15) is 0 Å². The fraction of sp³-hybridized carbons (Fsp3) is 0.476. The molecule has 2 amide bonds. The predicted octanol–water partition coefficient (Wildman–Crippen LogP) is 2.95. The van der Waals surface area contributed by atoms with Crippen molar-refractivity contribution >= 4 is 33.9 Å². The molecule has 1 fully saturated rings. The minimum Gasteiger partial charge on any atom is -0.465 e. The van der Waals surface area contributed by atoms with Gasteiger partial charge >= 0.3 is 12.1 Å². The first-order valence-corrected chi connectivity index (χ1v) is 11.0. The second kappa shape index (κ2) is 9.68. The van der Waals surface area contributed by atoms with Crippen molar-refractivity contribution in [1.82, 2.24) is 25.2 Å². The lowest BCUT2D eigenvalue weighted by atomic mass is 10.1. The van der Waals surface area contributed by atoms with Crippen molar-refractivity contribution in [1.29, 1.82) is 0 Å². The number of esters is 1. The molecule has 0 atom stereocenters. The summed E-state index contributed by atoms with van der Waals surface area (Å²) in [6.45, 7) is 6.49. The van der Waals surface area contributed by atoms with Crippen molar-refractivity contribution in [2.75, 3.05) is 20.2 Å². The van der Waals surface area contributed by atoms with Crippen LogP contribution in [0.2, 0.25) is 0 Å². The Bertz CT molecular complexity index is 991. The van der Waals surface area contributed by atoms with E-state index < -0.39 is 11.6 Å². The van der Waals surface area contributed by atoms with Gasteiger partial charge in [-0.1, -0.05) is 0 Å². The lowest BCUT2D eigenvalue weighted by molar-refractivity contribution is 0.0199. The first-order valence-electron chi connectivity index (χ1n) is 10.2. The number of amides is 2. The third kappa shape index (κ3) is 5.84. The monoisotopic (exact) mass is 507 g/mol. The maximum Gasteiger partial charge on any atom is 0.410 e. The molecule has 1 aromatic carbocycles. The zero-order chi connectivity index (χ0) is 23.5. The highest BCUT2D eigenvalue weighted by Gasteiger charge is 2.28. The minimum atomic E-state index is -0.542. The summed E-state index contributed by atoms with van der Waals surface area (Å²) >= 11 is 3.29. The van der Waals surface area contributed by atoms with Crippen LogP contribution in [0.4, 0.5) is 4.79 Å². The number of hydrogen-bond acceptors (Lipinski definition) is 7. The third-order valence-corrected chi connectivity index (χ3v) is 5.32. The number of carbonyl (C=O) groups excluding carboxylic acids is 3. The summed E-state index contributed by atoms with van der Waals surface area (Å²) in [4.78, 5) is 39.5. The summed E-state index contributed by atoms with van der Waals surface area (Å²) in [5.41, 5.74) is 0.595. The molecule has 0 bridgehead atoms. The molecular weight excluding hydrogens is 482 g/mol. The lowest BCUT2D eigenvalue weighted by Gasteiger charge is -2.33. The van der Waals surface area contributed by atoms with Crippen LogP contribution in [-0.4, -0.2) is 69.7 Å². The van der Waals surface area contributed by atoms with Gasteiger partial charge in [0.15, 0.2) is 10.3 Å². The average Bonchev–Trinajstić information content (AvgIpc) is 3.14. The molecule has 2 heterocycles. The van der Waals surface area contributed by atoms with Gasteiger partial charge in [0.25, 0.3) is 5.91 Å². The van der Waals surface area contributed by atoms with Crippen LogP contribution in [0.15, 0.2) is 28.9 Å². The normalized spacial score (nSPS) is 14.7. The molecule has 11 heteroatoms. The predicted molar refractivity (Wildman–Crippen MR) is 119 cm³/mol. The Labute approximate surface area is 194 Å². The smallest absolute Gasteiger partial charge is 0.410 e. The van der Waals surface area contributed by atoms with Crippen LogP contribution in [0.25, 0.3) is 5.69 Å². The molecule has 10 nitrogen and oxygen atoms in total. The number of rotatable bonds is 4. The Kier molecular flexibility index (Phi) is 7.17. The van der Waals surface area contributed by atoms with E-state index in [9.17, 15) is 14.4 Å². The van der Waals surface area contributed by atoms with E-state index in [1.165, 1.54) is 11.9 Å². The number of carbonyl (C=O) groups is 3. The third-order valence-electron chi connectivity index (χ3n) is 4.79. The van der Waals surface area contributed by atoms with Gasteiger partial charge in [-0.3, -0.25) is 4.79 Å². The maximum atomic E-state index is 12.7. The van der Waals surface area contributed by atoms with E-state index in [0.29, 0.717) is 41.8 Å². The highest BCUT2D eigenvalue weighted by molar-refractivity contribution is 9.10. The molecule has 0 radical (unpaired) electrons. The van der Waals surface area contributed by atoms with Gasteiger partial charge in [-0.25, -0.2) is 9.59 Å². The molecule has 2 aromatic rings. The number of nitrogens with zero attached hydrogens (tertiary/aromatic N) is 4. The average molecular weight is 508 g/mol. The summed E-state index contributed by atoms with van der Waals surface area (Å²) < 4.78 is 10.4. The van der Waals surface area contributed by atoms with Crippen LogP contribution >= 0.6 is 15.9 Å². The number of likely N-dealkylation sites (tertiary alicyclic amines) is 1. The Hall–Kier alpha value is -2.95. The van der Waals surface area contributed by atoms with Crippen molar-refractivity contribution in [3.8, 4) is 5.69 Å². The van der Waals surface area contributed by atoms with E-state index in [0.717, 1.165) is 0 Å². The molecule has 0 spiro atoms. The molecule has 1 aliphatic heterocycles. The molecule has 32 heavy (non-hydrogen) atoms. The number of nitrogens with one attached hydrogen (secondary N) is 1. The van der Waals surface area contributed by atoms with Crippen LogP contribution < -0.4 is 5.32 Å². The molecule has 0 unspecified atom stereocenters. The molecular formula is C21H26BrN5O5. The number of aromatic nitrogens is 3. The summed E-state index contributed by atoms with van der Waals surface area (Å²) in [7, 11) is 1.31. The number of ether oxygens (including phenoxy) is 2. The quantitative estimate of drug-likeness (QED) is 0.632. The van der Waals surface area contributed by atoms with Gasteiger partial charge in [0.05, 0.1) is 18.4 Å². The van der Waals surface area contributed by atoms with Gasteiger partial charge < -0.3 is 19.7 Å². The van der Waals surface area contributed by atoms with Gasteiger partial charge in [0.2, 0.25) is 0 Å². The van der Waals surface area contributed by atoms with E-state index in [1.54, 1.807) is 29.2 Å². The number of hydrogen-bond donors (Lipinski definition) is 1. The number of halogens is 1. The van der Waals surface area contributed by atoms with E-state index >= 15 is 0 Å². The molecule has 0 aliphatic carbocycles. The molecule has 1 aliphatic rings. The Morgan fingerprint density at radius 1 is 1.09 bits per heavy atom. The standard InChI is InChI=1S/C21H26BrN5O5/c1-21(2,3)32-20(30)26-11-9-14(10-12-26)23-18(28)16-17(22)25-27(24-16)15-7-5-13(6-8-15)19(29)31-4/h5-8,14H,9-12H2,1-4H3,(H,23,28). The Balaban J connectivity index is 1.59. The Morgan fingerprint density at radius 3 is 2.28 bits per heavy atom. The van der Waals surface area contributed by atoms with Crippen molar-refractivity contribution < 1.29 is 23.9 Å². The highest BCUT2D eigenvalue weighted by Crippen LogP contribution is 2.18. The van der Waals surface area contributed by atoms with Crippen LogP contribution in [0, 0.1) is 0 Å².